The number of hydrogen-bond donors (Lipinski definition) is 1. The molecule has 0 unspecified atom stereocenters. The van der Waals surface area contributed by atoms with Crippen LogP contribution in [0.25, 0.3) is 11.3 Å². The van der Waals surface area contributed by atoms with E-state index in [4.69, 9.17) is 0 Å². The molecule has 1 aliphatic heterocycles. The lowest BCUT2D eigenvalue weighted by Gasteiger charge is -2.13. The van der Waals surface area contributed by atoms with Crippen LogP contribution >= 0.6 is 0 Å². The molecule has 1 aliphatic rings. The molecule has 1 aromatic heterocycles. The molecule has 28 heavy (non-hydrogen) atoms. The number of amides is 2. The molecule has 9 nitrogen and oxygen atoms in total. The molecule has 0 spiro atoms. The molecule has 9 heteroatoms. The molecule has 0 saturated carbocycles. The number of imide groups is 1. The maximum absolute atomic E-state index is 12.9. The summed E-state index contributed by atoms with van der Waals surface area (Å²) in [5.41, 5.74) is 0.0271. The van der Waals surface area contributed by atoms with E-state index in [9.17, 15) is 24.5 Å². The zero-order valence-electron chi connectivity index (χ0n) is 14.3. The van der Waals surface area contributed by atoms with Gasteiger partial charge in [0.25, 0.3) is 17.5 Å². The van der Waals surface area contributed by atoms with E-state index >= 15 is 0 Å². The van der Waals surface area contributed by atoms with Crippen LogP contribution in [0.15, 0.2) is 59.4 Å². The number of nitrogens with one attached hydrogen (secondary N) is 1. The molecule has 2 amide bonds. The molecule has 0 saturated heterocycles. The average Bonchev–Trinajstić information content (AvgIpc) is 2.93. The number of rotatable bonds is 4. The number of benzene rings is 2. The highest BCUT2D eigenvalue weighted by atomic mass is 16.6. The lowest BCUT2D eigenvalue weighted by molar-refractivity contribution is -0.384. The molecule has 2 heterocycles. The highest BCUT2D eigenvalue weighted by molar-refractivity contribution is 6.22. The second-order valence-corrected chi connectivity index (χ2v) is 6.13. The monoisotopic (exact) mass is 376 g/mol. The number of hydrogen-bond acceptors (Lipinski definition) is 6. The van der Waals surface area contributed by atoms with Crippen molar-refractivity contribution in [1.29, 1.82) is 0 Å². The molecule has 2 aromatic carbocycles. The van der Waals surface area contributed by atoms with E-state index in [0.29, 0.717) is 5.56 Å². The van der Waals surface area contributed by atoms with E-state index in [1.165, 1.54) is 24.3 Å². The number of nitro benzene ring substituents is 1. The summed E-state index contributed by atoms with van der Waals surface area (Å²) in [7, 11) is 0. The highest BCUT2D eigenvalue weighted by Gasteiger charge is 2.39. The molecule has 4 rings (SSSR count). The van der Waals surface area contributed by atoms with Crippen LogP contribution in [0.1, 0.15) is 26.4 Å². The third-order valence-corrected chi connectivity index (χ3v) is 4.39. The van der Waals surface area contributed by atoms with Gasteiger partial charge in [0, 0.05) is 17.7 Å². The molecular weight excluding hydrogens is 364 g/mol. The molecule has 0 atom stereocenters. The third-order valence-electron chi connectivity index (χ3n) is 4.39. The Morgan fingerprint density at radius 1 is 0.964 bits per heavy atom. The van der Waals surface area contributed by atoms with Crippen LogP contribution in [0.2, 0.25) is 0 Å². The van der Waals surface area contributed by atoms with E-state index in [-0.39, 0.29) is 29.2 Å². The maximum atomic E-state index is 12.9. The average molecular weight is 376 g/mol. The summed E-state index contributed by atoms with van der Waals surface area (Å²) in [6.45, 7) is 0.0505. The van der Waals surface area contributed by atoms with E-state index in [2.05, 4.69) is 9.97 Å². The first kappa shape index (κ1) is 17.3. The van der Waals surface area contributed by atoms with Crippen molar-refractivity contribution in [3.05, 3.63) is 92.0 Å². The fraction of sp³-hybridized carbons (Fsp3) is 0.0526. The van der Waals surface area contributed by atoms with Gasteiger partial charge in [0.2, 0.25) is 0 Å². The van der Waals surface area contributed by atoms with Crippen LogP contribution in [0, 0.1) is 10.1 Å². The Hall–Kier alpha value is -4.14. The van der Waals surface area contributed by atoms with E-state index < -0.39 is 22.4 Å². The van der Waals surface area contributed by atoms with Crippen molar-refractivity contribution in [2.24, 2.45) is 0 Å². The first-order chi connectivity index (χ1) is 13.5. The topological polar surface area (TPSA) is 126 Å². The predicted octanol–water partition coefficient (Wildman–Crippen LogP) is 2.14. The number of non-ortho nitro benzene ring substituents is 1. The minimum atomic E-state index is -0.783. The van der Waals surface area contributed by atoms with Crippen LogP contribution in [0.3, 0.4) is 0 Å². The number of carbonyl (C=O) groups is 2. The summed E-state index contributed by atoms with van der Waals surface area (Å²) in [5.74, 6) is -1.20. The number of carbonyl (C=O) groups excluding carboxylic acids is 2. The SMILES string of the molecule is O=C1c2[nH]c(=O)nc(-c3ccc([N+](=O)[O-])cc3)c2C(=O)N1Cc1ccccc1. The third kappa shape index (κ3) is 2.84. The maximum Gasteiger partial charge on any atom is 0.346 e. The zero-order chi connectivity index (χ0) is 19.8. The van der Waals surface area contributed by atoms with Crippen molar-refractivity contribution in [3.63, 3.8) is 0 Å². The summed E-state index contributed by atoms with van der Waals surface area (Å²) in [5, 5.41) is 10.8. The standard InChI is InChI=1S/C19H12N4O5/c24-17-14-15(12-6-8-13(9-7-12)23(27)28)20-19(26)21-16(14)18(25)22(17)10-11-4-2-1-3-5-11/h1-9H,10H2,(H,20,21,26). The second kappa shape index (κ2) is 6.54. The van der Waals surface area contributed by atoms with Crippen molar-refractivity contribution in [1.82, 2.24) is 14.9 Å². The van der Waals surface area contributed by atoms with Crippen LogP contribution in [0.5, 0.6) is 0 Å². The van der Waals surface area contributed by atoms with Crippen LogP contribution in [-0.2, 0) is 6.54 Å². The summed E-state index contributed by atoms with van der Waals surface area (Å²) in [6, 6.07) is 14.2. The summed E-state index contributed by atoms with van der Waals surface area (Å²) >= 11 is 0. The fourth-order valence-corrected chi connectivity index (χ4v) is 3.06. The van der Waals surface area contributed by atoms with Gasteiger partial charge in [-0.3, -0.25) is 24.6 Å². The number of nitro groups is 1. The number of aromatic amines is 1. The number of fused-ring (bicyclic) bond motifs is 1. The molecule has 0 radical (unpaired) electrons. The van der Waals surface area contributed by atoms with Gasteiger partial charge in [0.05, 0.1) is 22.7 Å². The largest absolute Gasteiger partial charge is 0.346 e. The minimum Gasteiger partial charge on any atom is -0.300 e. The molecule has 138 valence electrons. The first-order valence-corrected chi connectivity index (χ1v) is 8.25. The van der Waals surface area contributed by atoms with Gasteiger partial charge in [-0.15, -0.1) is 0 Å². The minimum absolute atomic E-state index is 0.0163. The van der Waals surface area contributed by atoms with E-state index in [1.807, 2.05) is 6.07 Å². The van der Waals surface area contributed by atoms with Gasteiger partial charge in [-0.1, -0.05) is 30.3 Å². The molecule has 0 aliphatic carbocycles. The van der Waals surface area contributed by atoms with Gasteiger partial charge in [-0.25, -0.2) is 4.79 Å². The number of H-pyrrole nitrogens is 1. The lowest BCUT2D eigenvalue weighted by Crippen LogP contribution is -2.29. The summed E-state index contributed by atoms with van der Waals surface area (Å²) in [6.07, 6.45) is 0. The van der Waals surface area contributed by atoms with Crippen molar-refractivity contribution >= 4 is 17.5 Å². The Labute approximate surface area is 157 Å². The predicted molar refractivity (Wildman–Crippen MR) is 97.6 cm³/mol. The van der Waals surface area contributed by atoms with Gasteiger partial charge >= 0.3 is 5.69 Å². The van der Waals surface area contributed by atoms with Gasteiger partial charge in [-0.05, 0) is 17.7 Å². The smallest absolute Gasteiger partial charge is 0.300 e. The Kier molecular flexibility index (Phi) is 4.04. The Balaban J connectivity index is 1.79. The second-order valence-electron chi connectivity index (χ2n) is 6.13. The lowest BCUT2D eigenvalue weighted by atomic mass is 10.0. The van der Waals surface area contributed by atoms with E-state index in [0.717, 1.165) is 10.5 Å². The van der Waals surface area contributed by atoms with Crippen LogP contribution < -0.4 is 5.69 Å². The Morgan fingerprint density at radius 3 is 2.29 bits per heavy atom. The molecule has 3 aromatic rings. The van der Waals surface area contributed by atoms with Gasteiger partial charge < -0.3 is 4.98 Å². The number of aromatic nitrogens is 2. The van der Waals surface area contributed by atoms with Crippen molar-refractivity contribution in [2.75, 3.05) is 0 Å². The van der Waals surface area contributed by atoms with Crippen molar-refractivity contribution in [2.45, 2.75) is 6.54 Å². The van der Waals surface area contributed by atoms with Gasteiger partial charge in [0.15, 0.2) is 0 Å². The number of nitrogens with zero attached hydrogens (tertiary/aromatic N) is 3. The molecule has 0 bridgehead atoms. The molecule has 1 N–H and O–H groups in total. The Morgan fingerprint density at radius 2 is 1.64 bits per heavy atom. The van der Waals surface area contributed by atoms with Gasteiger partial charge in [0.1, 0.15) is 5.69 Å². The first-order valence-electron chi connectivity index (χ1n) is 8.25. The Bertz CT molecular complexity index is 1170. The quantitative estimate of drug-likeness (QED) is 0.422. The van der Waals surface area contributed by atoms with Crippen LogP contribution in [-0.4, -0.2) is 31.6 Å². The normalized spacial score (nSPS) is 12.9. The van der Waals surface area contributed by atoms with Crippen LogP contribution in [0.4, 0.5) is 5.69 Å². The summed E-state index contributed by atoms with van der Waals surface area (Å²) in [4.78, 5) is 55.1. The van der Waals surface area contributed by atoms with Crippen molar-refractivity contribution in [3.8, 4) is 11.3 Å². The van der Waals surface area contributed by atoms with E-state index in [1.54, 1.807) is 24.3 Å². The summed E-state index contributed by atoms with van der Waals surface area (Å²) < 4.78 is 0. The molecule has 0 fully saturated rings. The zero-order valence-corrected chi connectivity index (χ0v) is 14.3. The highest BCUT2D eigenvalue weighted by Crippen LogP contribution is 2.30. The van der Waals surface area contributed by atoms with Gasteiger partial charge in [-0.2, -0.15) is 4.98 Å². The van der Waals surface area contributed by atoms with Crippen molar-refractivity contribution < 1.29 is 14.5 Å². The molecular formula is C19H12N4O5. The fourth-order valence-electron chi connectivity index (χ4n) is 3.06.